The zero-order chi connectivity index (χ0) is 15.4. The van der Waals surface area contributed by atoms with E-state index >= 15 is 0 Å². The second-order valence-corrected chi connectivity index (χ2v) is 4.91. The monoisotopic (exact) mass is 305 g/mol. The van der Waals surface area contributed by atoms with Crippen molar-refractivity contribution in [3.63, 3.8) is 0 Å². The van der Waals surface area contributed by atoms with Crippen molar-refractivity contribution in [1.82, 2.24) is 0 Å². The highest BCUT2D eigenvalue weighted by Gasteiger charge is 2.13. The van der Waals surface area contributed by atoms with Crippen LogP contribution in [0, 0.1) is 6.92 Å². The first-order valence-corrected chi connectivity index (χ1v) is 6.72. The predicted molar refractivity (Wildman–Crippen MR) is 83.7 cm³/mol. The van der Waals surface area contributed by atoms with Gasteiger partial charge < -0.3 is 14.8 Å². The molecule has 0 bridgehead atoms. The van der Waals surface area contributed by atoms with Gasteiger partial charge in [-0.3, -0.25) is 4.79 Å². The van der Waals surface area contributed by atoms with E-state index in [9.17, 15) is 4.79 Å². The second-order valence-electron chi connectivity index (χ2n) is 4.51. The fraction of sp³-hybridized carbons (Fsp3) is 0.188. The third kappa shape index (κ3) is 3.47. The number of rotatable bonds is 4. The van der Waals surface area contributed by atoms with Crippen LogP contribution >= 0.6 is 11.6 Å². The fourth-order valence-electron chi connectivity index (χ4n) is 1.86. The van der Waals surface area contributed by atoms with Gasteiger partial charge in [-0.25, -0.2) is 0 Å². The summed E-state index contributed by atoms with van der Waals surface area (Å²) in [7, 11) is 3.03. The summed E-state index contributed by atoms with van der Waals surface area (Å²) < 4.78 is 10.4. The van der Waals surface area contributed by atoms with Crippen LogP contribution < -0.4 is 14.8 Å². The van der Waals surface area contributed by atoms with Gasteiger partial charge in [-0.05, 0) is 19.1 Å². The lowest BCUT2D eigenvalue weighted by Crippen LogP contribution is -2.12. The maximum Gasteiger partial charge on any atom is 0.255 e. The molecule has 2 aromatic rings. The first-order valence-electron chi connectivity index (χ1n) is 6.34. The molecule has 110 valence electrons. The summed E-state index contributed by atoms with van der Waals surface area (Å²) >= 11 is 6.03. The molecule has 5 heteroatoms. The van der Waals surface area contributed by atoms with Crippen molar-refractivity contribution in [3.8, 4) is 11.5 Å². The van der Waals surface area contributed by atoms with Gasteiger partial charge in [-0.1, -0.05) is 29.3 Å². The number of methoxy groups -OCH3 is 2. The third-order valence-electron chi connectivity index (χ3n) is 3.04. The number of halogens is 1. The number of anilines is 1. The standard InChI is InChI=1S/C16H16ClNO3/c1-10-4-6-11(7-5-10)16(19)18-13-9-14(20-2)12(17)8-15(13)21-3/h4-9H,1-3H3,(H,18,19). The molecule has 0 radical (unpaired) electrons. The molecular formula is C16H16ClNO3. The van der Waals surface area contributed by atoms with E-state index in [-0.39, 0.29) is 5.91 Å². The van der Waals surface area contributed by atoms with E-state index in [1.54, 1.807) is 24.3 Å². The molecule has 0 fully saturated rings. The summed E-state index contributed by atoms with van der Waals surface area (Å²) in [6.45, 7) is 1.97. The largest absolute Gasteiger partial charge is 0.495 e. The fourth-order valence-corrected chi connectivity index (χ4v) is 2.09. The molecule has 0 aliphatic heterocycles. The maximum atomic E-state index is 12.2. The first-order chi connectivity index (χ1) is 10.0. The van der Waals surface area contributed by atoms with Crippen LogP contribution in [0.1, 0.15) is 15.9 Å². The predicted octanol–water partition coefficient (Wildman–Crippen LogP) is 3.92. The minimum atomic E-state index is -0.224. The topological polar surface area (TPSA) is 47.6 Å². The number of hydrogen-bond acceptors (Lipinski definition) is 3. The lowest BCUT2D eigenvalue weighted by molar-refractivity contribution is 0.102. The smallest absolute Gasteiger partial charge is 0.255 e. The van der Waals surface area contributed by atoms with Gasteiger partial charge in [0.25, 0.3) is 5.91 Å². The minimum absolute atomic E-state index is 0.224. The molecule has 0 aliphatic rings. The molecular weight excluding hydrogens is 290 g/mol. The average molecular weight is 306 g/mol. The zero-order valence-corrected chi connectivity index (χ0v) is 12.8. The molecule has 21 heavy (non-hydrogen) atoms. The number of nitrogens with one attached hydrogen (secondary N) is 1. The van der Waals surface area contributed by atoms with Crippen LogP contribution in [0.15, 0.2) is 36.4 Å². The van der Waals surface area contributed by atoms with Crippen molar-refractivity contribution in [2.75, 3.05) is 19.5 Å². The summed E-state index contributed by atoms with van der Waals surface area (Å²) in [5.74, 6) is 0.718. The number of hydrogen-bond donors (Lipinski definition) is 1. The molecule has 1 N–H and O–H groups in total. The van der Waals surface area contributed by atoms with Crippen molar-refractivity contribution in [3.05, 3.63) is 52.5 Å². The Balaban J connectivity index is 2.29. The number of ether oxygens (including phenoxy) is 2. The van der Waals surface area contributed by atoms with Crippen LogP contribution in [-0.2, 0) is 0 Å². The molecule has 4 nitrogen and oxygen atoms in total. The average Bonchev–Trinajstić information content (AvgIpc) is 2.49. The molecule has 0 aliphatic carbocycles. The normalized spacial score (nSPS) is 10.1. The van der Waals surface area contributed by atoms with E-state index in [0.717, 1.165) is 5.56 Å². The molecule has 2 rings (SSSR count). The Morgan fingerprint density at radius 2 is 1.67 bits per heavy atom. The van der Waals surface area contributed by atoms with E-state index < -0.39 is 0 Å². The van der Waals surface area contributed by atoms with E-state index in [1.807, 2.05) is 19.1 Å². The number of benzene rings is 2. The molecule has 0 saturated heterocycles. The van der Waals surface area contributed by atoms with Crippen LogP contribution in [0.4, 0.5) is 5.69 Å². The molecule has 2 aromatic carbocycles. The Hall–Kier alpha value is -2.20. The molecule has 0 unspecified atom stereocenters. The molecule has 0 atom stereocenters. The Kier molecular flexibility index (Phi) is 4.70. The van der Waals surface area contributed by atoms with Crippen LogP contribution in [0.5, 0.6) is 11.5 Å². The second kappa shape index (κ2) is 6.50. The summed E-state index contributed by atoms with van der Waals surface area (Å²) in [6.07, 6.45) is 0. The highest BCUT2D eigenvalue weighted by atomic mass is 35.5. The zero-order valence-electron chi connectivity index (χ0n) is 12.1. The van der Waals surface area contributed by atoms with Gasteiger partial charge in [0.15, 0.2) is 0 Å². The molecule has 0 heterocycles. The first kappa shape index (κ1) is 15.2. The lowest BCUT2D eigenvalue weighted by Gasteiger charge is -2.13. The van der Waals surface area contributed by atoms with Gasteiger partial charge in [-0.15, -0.1) is 0 Å². The SMILES string of the molecule is COc1cc(NC(=O)c2ccc(C)cc2)c(OC)cc1Cl. The van der Waals surface area contributed by atoms with Gasteiger partial charge in [0, 0.05) is 17.7 Å². The van der Waals surface area contributed by atoms with Crippen molar-refractivity contribution in [2.45, 2.75) is 6.92 Å². The van der Waals surface area contributed by atoms with Gasteiger partial charge in [0.05, 0.1) is 24.9 Å². The van der Waals surface area contributed by atoms with Gasteiger partial charge in [-0.2, -0.15) is 0 Å². The van der Waals surface area contributed by atoms with E-state index in [2.05, 4.69) is 5.32 Å². The van der Waals surface area contributed by atoms with Crippen LogP contribution in [0.25, 0.3) is 0 Å². The summed E-state index contributed by atoms with van der Waals surface area (Å²) in [4.78, 5) is 12.2. The Labute approximate surface area is 128 Å². The van der Waals surface area contributed by atoms with E-state index in [1.165, 1.54) is 14.2 Å². The number of carbonyl (C=O) groups excluding carboxylic acids is 1. The van der Waals surface area contributed by atoms with Gasteiger partial charge in [0.1, 0.15) is 11.5 Å². The highest BCUT2D eigenvalue weighted by molar-refractivity contribution is 6.32. The summed E-state index contributed by atoms with van der Waals surface area (Å²) in [6, 6.07) is 10.5. The van der Waals surface area contributed by atoms with Gasteiger partial charge >= 0.3 is 0 Å². The summed E-state index contributed by atoms with van der Waals surface area (Å²) in [5, 5.41) is 3.22. The quantitative estimate of drug-likeness (QED) is 0.931. The molecule has 0 saturated carbocycles. The van der Waals surface area contributed by atoms with Crippen molar-refractivity contribution >= 4 is 23.2 Å². The van der Waals surface area contributed by atoms with Gasteiger partial charge in [0.2, 0.25) is 0 Å². The Morgan fingerprint density at radius 1 is 1.05 bits per heavy atom. The Morgan fingerprint density at radius 3 is 2.24 bits per heavy atom. The molecule has 1 amide bonds. The lowest BCUT2D eigenvalue weighted by atomic mass is 10.1. The Bertz CT molecular complexity index is 653. The van der Waals surface area contributed by atoms with Crippen molar-refractivity contribution < 1.29 is 14.3 Å². The number of aryl methyl sites for hydroxylation is 1. The van der Waals surface area contributed by atoms with E-state index in [0.29, 0.717) is 27.8 Å². The van der Waals surface area contributed by atoms with Crippen molar-refractivity contribution in [1.29, 1.82) is 0 Å². The molecule has 0 spiro atoms. The van der Waals surface area contributed by atoms with Crippen LogP contribution in [0.2, 0.25) is 5.02 Å². The summed E-state index contributed by atoms with van der Waals surface area (Å²) in [5.41, 5.74) is 2.16. The van der Waals surface area contributed by atoms with Crippen LogP contribution in [-0.4, -0.2) is 20.1 Å². The third-order valence-corrected chi connectivity index (χ3v) is 3.33. The van der Waals surface area contributed by atoms with Crippen molar-refractivity contribution in [2.24, 2.45) is 0 Å². The molecule has 0 aromatic heterocycles. The number of amides is 1. The number of carbonyl (C=O) groups is 1. The highest BCUT2D eigenvalue weighted by Crippen LogP contribution is 2.36. The maximum absolute atomic E-state index is 12.2. The van der Waals surface area contributed by atoms with E-state index in [4.69, 9.17) is 21.1 Å². The van der Waals surface area contributed by atoms with Crippen LogP contribution in [0.3, 0.4) is 0 Å². The minimum Gasteiger partial charge on any atom is -0.495 e.